The minimum absolute atomic E-state index is 0.0411. The molecule has 0 amide bonds. The second kappa shape index (κ2) is 3.57. The van der Waals surface area contributed by atoms with Gasteiger partial charge in [-0.15, -0.1) is 0 Å². The first-order valence-corrected chi connectivity index (χ1v) is 4.36. The zero-order valence-electron chi connectivity index (χ0n) is 5.64. The summed E-state index contributed by atoms with van der Waals surface area (Å²) in [6.07, 6.45) is 0. The van der Waals surface area contributed by atoms with E-state index in [1.165, 1.54) is 6.07 Å². The molecule has 0 saturated heterocycles. The fourth-order valence-electron chi connectivity index (χ4n) is 0.679. The van der Waals surface area contributed by atoms with Crippen LogP contribution in [0.3, 0.4) is 0 Å². The van der Waals surface area contributed by atoms with Gasteiger partial charge in [0.15, 0.2) is 0 Å². The summed E-state index contributed by atoms with van der Waals surface area (Å²) in [6, 6.07) is 2.21. The van der Waals surface area contributed by atoms with Crippen molar-refractivity contribution in [3.05, 3.63) is 32.1 Å². The van der Waals surface area contributed by atoms with E-state index in [2.05, 4.69) is 0 Å². The average Bonchev–Trinajstić information content (AvgIpc) is 1.99. The number of benzene rings is 1. The summed E-state index contributed by atoms with van der Waals surface area (Å²) in [6.45, 7) is 0. The van der Waals surface area contributed by atoms with Gasteiger partial charge in [0.1, 0.15) is 5.82 Å². The molecule has 1 rings (SSSR count). The maximum absolute atomic E-state index is 12.8. The molecule has 0 aliphatic carbocycles. The maximum Gasteiger partial charge on any atom is 0.335 e. The summed E-state index contributed by atoms with van der Waals surface area (Å²) in [5.41, 5.74) is -0.0960. The number of carbonyl (C=O) groups is 1. The molecule has 0 saturated carbocycles. The third-order valence-corrected chi connectivity index (χ3v) is 2.78. The van der Waals surface area contributed by atoms with E-state index in [1.54, 1.807) is 22.6 Å². The standard InChI is InChI=1S/C7H3ClFIO2/c8-6-4(9)1-3(7(11)12)2-5(6)10/h1-2H,(H,11,12). The van der Waals surface area contributed by atoms with Crippen molar-refractivity contribution in [2.24, 2.45) is 0 Å². The zero-order chi connectivity index (χ0) is 9.30. The van der Waals surface area contributed by atoms with Crippen LogP contribution in [0.15, 0.2) is 12.1 Å². The quantitative estimate of drug-likeness (QED) is 0.639. The van der Waals surface area contributed by atoms with Crippen molar-refractivity contribution in [3.8, 4) is 0 Å². The average molecular weight is 300 g/mol. The van der Waals surface area contributed by atoms with E-state index in [-0.39, 0.29) is 10.6 Å². The number of carboxylic acid groups (broad SMARTS) is 1. The Bertz CT molecular complexity index is 317. The van der Waals surface area contributed by atoms with Crippen molar-refractivity contribution < 1.29 is 14.3 Å². The monoisotopic (exact) mass is 300 g/mol. The molecule has 1 aromatic carbocycles. The van der Waals surface area contributed by atoms with Crippen LogP contribution in [0.5, 0.6) is 0 Å². The molecule has 0 unspecified atom stereocenters. The Balaban J connectivity index is 3.31. The Labute approximate surface area is 86.5 Å². The largest absolute Gasteiger partial charge is 0.478 e. The van der Waals surface area contributed by atoms with Gasteiger partial charge in [-0.25, -0.2) is 9.18 Å². The molecule has 64 valence electrons. The zero-order valence-corrected chi connectivity index (χ0v) is 8.56. The Morgan fingerprint density at radius 3 is 2.58 bits per heavy atom. The van der Waals surface area contributed by atoms with Gasteiger partial charge in [-0.2, -0.15) is 0 Å². The molecule has 1 aromatic rings. The summed E-state index contributed by atoms with van der Waals surface area (Å²) >= 11 is 7.25. The topological polar surface area (TPSA) is 37.3 Å². The molecular weight excluding hydrogens is 297 g/mol. The van der Waals surface area contributed by atoms with Crippen molar-refractivity contribution in [2.75, 3.05) is 0 Å². The summed E-state index contributed by atoms with van der Waals surface area (Å²) in [4.78, 5) is 10.4. The molecule has 0 aromatic heterocycles. The Morgan fingerprint density at radius 2 is 2.17 bits per heavy atom. The SMILES string of the molecule is O=C(O)c1cc(F)c(Cl)c(I)c1. The summed E-state index contributed by atoms with van der Waals surface area (Å²) in [7, 11) is 0. The number of carboxylic acids is 1. The van der Waals surface area contributed by atoms with Crippen LogP contribution in [-0.4, -0.2) is 11.1 Å². The van der Waals surface area contributed by atoms with E-state index in [0.717, 1.165) is 6.07 Å². The second-order valence-electron chi connectivity index (χ2n) is 2.06. The number of aromatic carboxylic acids is 1. The molecule has 0 aliphatic heterocycles. The first-order chi connectivity index (χ1) is 5.52. The normalized spacial score (nSPS) is 9.92. The van der Waals surface area contributed by atoms with Gasteiger partial charge >= 0.3 is 5.97 Å². The summed E-state index contributed by atoms with van der Waals surface area (Å²) in [5.74, 6) is -1.87. The van der Waals surface area contributed by atoms with E-state index in [4.69, 9.17) is 16.7 Å². The van der Waals surface area contributed by atoms with Crippen LogP contribution in [-0.2, 0) is 0 Å². The predicted molar refractivity (Wildman–Crippen MR) is 51.1 cm³/mol. The molecule has 0 atom stereocenters. The van der Waals surface area contributed by atoms with Crippen molar-refractivity contribution in [2.45, 2.75) is 0 Å². The van der Waals surface area contributed by atoms with Gasteiger partial charge in [-0.05, 0) is 34.7 Å². The van der Waals surface area contributed by atoms with E-state index in [1.807, 2.05) is 0 Å². The summed E-state index contributed by atoms with van der Waals surface area (Å²) in [5, 5.41) is 8.47. The molecule has 0 heterocycles. The van der Waals surface area contributed by atoms with Gasteiger partial charge in [-0.1, -0.05) is 11.6 Å². The highest BCUT2D eigenvalue weighted by Crippen LogP contribution is 2.23. The number of halogens is 3. The third-order valence-electron chi connectivity index (χ3n) is 1.23. The highest BCUT2D eigenvalue weighted by Gasteiger charge is 2.10. The minimum atomic E-state index is -1.16. The van der Waals surface area contributed by atoms with Crippen molar-refractivity contribution in [3.63, 3.8) is 0 Å². The Hall–Kier alpha value is -0.360. The van der Waals surface area contributed by atoms with Crippen LogP contribution >= 0.6 is 34.2 Å². The minimum Gasteiger partial charge on any atom is -0.478 e. The molecule has 0 radical (unpaired) electrons. The molecule has 0 bridgehead atoms. The lowest BCUT2D eigenvalue weighted by Gasteiger charge is -1.99. The fraction of sp³-hybridized carbons (Fsp3) is 0. The Morgan fingerprint density at radius 1 is 1.58 bits per heavy atom. The second-order valence-corrected chi connectivity index (χ2v) is 3.60. The first-order valence-electron chi connectivity index (χ1n) is 2.90. The van der Waals surface area contributed by atoms with Gasteiger partial charge in [0.2, 0.25) is 0 Å². The van der Waals surface area contributed by atoms with E-state index in [0.29, 0.717) is 3.57 Å². The highest BCUT2D eigenvalue weighted by molar-refractivity contribution is 14.1. The molecule has 5 heteroatoms. The van der Waals surface area contributed by atoms with Gasteiger partial charge < -0.3 is 5.11 Å². The number of hydrogen-bond donors (Lipinski definition) is 1. The Kier molecular flexibility index (Phi) is 2.89. The van der Waals surface area contributed by atoms with E-state index in [9.17, 15) is 9.18 Å². The van der Waals surface area contributed by atoms with Gasteiger partial charge in [0.25, 0.3) is 0 Å². The molecule has 0 aliphatic rings. The van der Waals surface area contributed by atoms with Crippen LogP contribution < -0.4 is 0 Å². The maximum atomic E-state index is 12.8. The smallest absolute Gasteiger partial charge is 0.335 e. The van der Waals surface area contributed by atoms with Crippen molar-refractivity contribution >= 4 is 40.2 Å². The van der Waals surface area contributed by atoms with Crippen molar-refractivity contribution in [1.82, 2.24) is 0 Å². The van der Waals surface area contributed by atoms with Crippen LogP contribution in [0.2, 0.25) is 5.02 Å². The van der Waals surface area contributed by atoms with Crippen LogP contribution in [0, 0.1) is 9.39 Å². The third kappa shape index (κ3) is 1.87. The molecule has 2 nitrogen and oxygen atoms in total. The van der Waals surface area contributed by atoms with Gasteiger partial charge in [0.05, 0.1) is 10.6 Å². The van der Waals surface area contributed by atoms with Gasteiger partial charge in [-0.3, -0.25) is 0 Å². The lowest BCUT2D eigenvalue weighted by Crippen LogP contribution is -1.98. The number of hydrogen-bond acceptors (Lipinski definition) is 1. The predicted octanol–water partition coefficient (Wildman–Crippen LogP) is 2.78. The molecule has 12 heavy (non-hydrogen) atoms. The lowest BCUT2D eigenvalue weighted by atomic mass is 10.2. The van der Waals surface area contributed by atoms with Crippen LogP contribution in [0.25, 0.3) is 0 Å². The van der Waals surface area contributed by atoms with Crippen LogP contribution in [0.4, 0.5) is 4.39 Å². The summed E-state index contributed by atoms with van der Waals surface area (Å²) < 4.78 is 13.2. The lowest BCUT2D eigenvalue weighted by molar-refractivity contribution is 0.0696. The highest BCUT2D eigenvalue weighted by atomic mass is 127. The van der Waals surface area contributed by atoms with Crippen molar-refractivity contribution in [1.29, 1.82) is 0 Å². The molecule has 1 N–H and O–H groups in total. The molecule has 0 spiro atoms. The fourth-order valence-corrected chi connectivity index (χ4v) is 1.38. The van der Waals surface area contributed by atoms with Crippen LogP contribution in [0.1, 0.15) is 10.4 Å². The van der Waals surface area contributed by atoms with Gasteiger partial charge in [0, 0.05) is 3.57 Å². The first kappa shape index (κ1) is 9.73. The van der Waals surface area contributed by atoms with E-state index >= 15 is 0 Å². The molecular formula is C7H3ClFIO2. The molecule has 0 fully saturated rings. The van der Waals surface area contributed by atoms with E-state index < -0.39 is 11.8 Å². The number of rotatable bonds is 1.